The SMILES string of the molecule is O=C(CCc1ccccc1F)N1CCN(C(=O)C(=O)N2CCOCC2)CC1. The van der Waals surface area contributed by atoms with Crippen LogP contribution in [0.25, 0.3) is 0 Å². The molecule has 2 saturated heterocycles. The van der Waals surface area contributed by atoms with Crippen LogP contribution in [-0.4, -0.2) is 84.9 Å². The molecule has 27 heavy (non-hydrogen) atoms. The van der Waals surface area contributed by atoms with Crippen molar-refractivity contribution in [2.75, 3.05) is 52.5 Å². The molecule has 2 aliphatic heterocycles. The van der Waals surface area contributed by atoms with Crippen LogP contribution in [0.2, 0.25) is 0 Å². The summed E-state index contributed by atoms with van der Waals surface area (Å²) >= 11 is 0. The molecule has 1 aromatic carbocycles. The number of halogens is 1. The standard InChI is InChI=1S/C19H24FN3O4/c20-16-4-2-1-3-15(16)5-6-17(24)21-7-9-22(10-8-21)18(25)19(26)23-11-13-27-14-12-23/h1-4H,5-14H2. The number of hydrogen-bond acceptors (Lipinski definition) is 4. The summed E-state index contributed by atoms with van der Waals surface area (Å²) in [6.07, 6.45) is 0.571. The Labute approximate surface area is 157 Å². The molecule has 8 heteroatoms. The molecule has 0 aromatic heterocycles. The van der Waals surface area contributed by atoms with Crippen LogP contribution in [0.1, 0.15) is 12.0 Å². The maximum absolute atomic E-state index is 13.6. The average Bonchev–Trinajstić information content (AvgIpc) is 2.72. The van der Waals surface area contributed by atoms with E-state index in [4.69, 9.17) is 4.74 Å². The van der Waals surface area contributed by atoms with Crippen LogP contribution in [0.3, 0.4) is 0 Å². The normalized spacial score (nSPS) is 17.7. The van der Waals surface area contributed by atoms with E-state index in [0.29, 0.717) is 64.5 Å². The van der Waals surface area contributed by atoms with Crippen LogP contribution in [-0.2, 0) is 25.5 Å². The summed E-state index contributed by atoms with van der Waals surface area (Å²) in [4.78, 5) is 41.7. The van der Waals surface area contributed by atoms with Gasteiger partial charge >= 0.3 is 11.8 Å². The predicted molar refractivity (Wildman–Crippen MR) is 95.3 cm³/mol. The summed E-state index contributed by atoms with van der Waals surface area (Å²) in [5.74, 6) is -1.39. The first-order valence-corrected chi connectivity index (χ1v) is 9.23. The number of carbonyl (C=O) groups is 3. The maximum Gasteiger partial charge on any atom is 0.312 e. The summed E-state index contributed by atoms with van der Waals surface area (Å²) in [7, 11) is 0. The van der Waals surface area contributed by atoms with Crippen LogP contribution in [0.15, 0.2) is 24.3 Å². The fraction of sp³-hybridized carbons (Fsp3) is 0.526. The van der Waals surface area contributed by atoms with Crippen molar-refractivity contribution in [2.24, 2.45) is 0 Å². The third-order valence-electron chi connectivity index (χ3n) is 4.97. The van der Waals surface area contributed by atoms with Gasteiger partial charge in [0.2, 0.25) is 5.91 Å². The van der Waals surface area contributed by atoms with Gasteiger partial charge in [0.1, 0.15) is 5.82 Å². The third-order valence-corrected chi connectivity index (χ3v) is 4.97. The van der Waals surface area contributed by atoms with Gasteiger partial charge in [0.05, 0.1) is 13.2 Å². The molecule has 1 aromatic rings. The second kappa shape index (κ2) is 8.94. The Balaban J connectivity index is 1.45. The number of piperazine rings is 1. The molecule has 0 bridgehead atoms. The molecule has 2 aliphatic rings. The molecule has 0 unspecified atom stereocenters. The Morgan fingerprint density at radius 1 is 0.852 bits per heavy atom. The Hall–Kier alpha value is -2.48. The van der Waals surface area contributed by atoms with Gasteiger partial charge in [0.25, 0.3) is 0 Å². The van der Waals surface area contributed by atoms with Gasteiger partial charge in [-0.2, -0.15) is 0 Å². The van der Waals surface area contributed by atoms with Crippen molar-refractivity contribution in [2.45, 2.75) is 12.8 Å². The first kappa shape index (κ1) is 19.3. The molecule has 0 radical (unpaired) electrons. The van der Waals surface area contributed by atoms with Crippen molar-refractivity contribution in [3.8, 4) is 0 Å². The molecule has 0 N–H and O–H groups in total. The van der Waals surface area contributed by atoms with Crippen LogP contribution in [0.4, 0.5) is 4.39 Å². The number of rotatable bonds is 3. The molecular weight excluding hydrogens is 353 g/mol. The highest BCUT2D eigenvalue weighted by Gasteiger charge is 2.31. The van der Waals surface area contributed by atoms with Crippen LogP contribution >= 0.6 is 0 Å². The lowest BCUT2D eigenvalue weighted by Gasteiger charge is -2.36. The van der Waals surface area contributed by atoms with E-state index >= 15 is 0 Å². The zero-order chi connectivity index (χ0) is 19.2. The highest BCUT2D eigenvalue weighted by Crippen LogP contribution is 2.12. The van der Waals surface area contributed by atoms with Crippen molar-refractivity contribution in [1.82, 2.24) is 14.7 Å². The van der Waals surface area contributed by atoms with Gasteiger partial charge < -0.3 is 19.4 Å². The monoisotopic (exact) mass is 377 g/mol. The van der Waals surface area contributed by atoms with Crippen molar-refractivity contribution in [3.05, 3.63) is 35.6 Å². The van der Waals surface area contributed by atoms with E-state index in [1.54, 1.807) is 23.1 Å². The number of ether oxygens (including phenoxy) is 1. The van der Waals surface area contributed by atoms with E-state index in [0.717, 1.165) is 0 Å². The molecule has 0 spiro atoms. The van der Waals surface area contributed by atoms with Gasteiger partial charge in [-0.3, -0.25) is 14.4 Å². The molecule has 146 valence electrons. The van der Waals surface area contributed by atoms with E-state index in [1.807, 2.05) is 0 Å². The molecule has 0 saturated carbocycles. The number of carbonyl (C=O) groups excluding carboxylic acids is 3. The lowest BCUT2D eigenvalue weighted by atomic mass is 10.1. The molecule has 3 rings (SSSR count). The van der Waals surface area contributed by atoms with Gasteiger partial charge in [-0.1, -0.05) is 18.2 Å². The molecule has 3 amide bonds. The summed E-state index contributed by atoms with van der Waals surface area (Å²) in [5.41, 5.74) is 0.524. The highest BCUT2D eigenvalue weighted by atomic mass is 19.1. The average molecular weight is 377 g/mol. The van der Waals surface area contributed by atoms with E-state index in [1.165, 1.54) is 15.9 Å². The number of hydrogen-bond donors (Lipinski definition) is 0. The Morgan fingerprint density at radius 2 is 1.41 bits per heavy atom. The van der Waals surface area contributed by atoms with Gasteiger partial charge in [-0.25, -0.2) is 4.39 Å². The Kier molecular flexibility index (Phi) is 6.39. The quantitative estimate of drug-likeness (QED) is 0.710. The lowest BCUT2D eigenvalue weighted by molar-refractivity contribution is -0.155. The number of aryl methyl sites for hydroxylation is 1. The van der Waals surface area contributed by atoms with Crippen LogP contribution in [0.5, 0.6) is 0 Å². The summed E-state index contributed by atoms with van der Waals surface area (Å²) in [6, 6.07) is 6.43. The molecular formula is C19H24FN3O4. The predicted octanol–water partition coefficient (Wildman–Crippen LogP) is 0.288. The zero-order valence-corrected chi connectivity index (χ0v) is 15.2. The largest absolute Gasteiger partial charge is 0.378 e. The zero-order valence-electron chi connectivity index (χ0n) is 15.2. The number of morpholine rings is 1. The van der Waals surface area contributed by atoms with E-state index < -0.39 is 11.8 Å². The van der Waals surface area contributed by atoms with Crippen LogP contribution < -0.4 is 0 Å². The second-order valence-electron chi connectivity index (χ2n) is 6.67. The van der Waals surface area contributed by atoms with E-state index in [2.05, 4.69) is 0 Å². The topological polar surface area (TPSA) is 70.2 Å². The summed E-state index contributed by atoms with van der Waals surface area (Å²) in [5, 5.41) is 0. The number of benzene rings is 1. The smallest absolute Gasteiger partial charge is 0.312 e. The minimum Gasteiger partial charge on any atom is -0.378 e. The molecule has 0 atom stereocenters. The van der Waals surface area contributed by atoms with E-state index in [9.17, 15) is 18.8 Å². The molecule has 2 fully saturated rings. The van der Waals surface area contributed by atoms with Gasteiger partial charge in [0, 0.05) is 45.7 Å². The minimum atomic E-state index is -0.518. The fourth-order valence-electron chi connectivity index (χ4n) is 3.30. The summed E-state index contributed by atoms with van der Waals surface area (Å²) in [6.45, 7) is 3.20. The lowest BCUT2D eigenvalue weighted by Crippen LogP contribution is -2.55. The maximum atomic E-state index is 13.6. The minimum absolute atomic E-state index is 0.0649. The van der Waals surface area contributed by atoms with Gasteiger partial charge in [0.15, 0.2) is 0 Å². The van der Waals surface area contributed by atoms with Crippen LogP contribution in [0, 0.1) is 5.82 Å². The third kappa shape index (κ3) is 4.82. The first-order chi connectivity index (χ1) is 13.1. The Bertz CT molecular complexity index is 698. The van der Waals surface area contributed by atoms with Crippen molar-refractivity contribution >= 4 is 17.7 Å². The molecule has 2 heterocycles. The van der Waals surface area contributed by atoms with Gasteiger partial charge in [-0.05, 0) is 18.1 Å². The highest BCUT2D eigenvalue weighted by molar-refractivity contribution is 6.34. The first-order valence-electron chi connectivity index (χ1n) is 9.23. The Morgan fingerprint density at radius 3 is 2.04 bits per heavy atom. The van der Waals surface area contributed by atoms with Gasteiger partial charge in [-0.15, -0.1) is 0 Å². The van der Waals surface area contributed by atoms with Crippen molar-refractivity contribution < 1.29 is 23.5 Å². The summed E-state index contributed by atoms with van der Waals surface area (Å²) < 4.78 is 18.8. The number of amides is 3. The van der Waals surface area contributed by atoms with Crippen molar-refractivity contribution in [1.29, 1.82) is 0 Å². The molecule has 7 nitrogen and oxygen atoms in total. The molecule has 0 aliphatic carbocycles. The van der Waals surface area contributed by atoms with Crippen molar-refractivity contribution in [3.63, 3.8) is 0 Å². The van der Waals surface area contributed by atoms with E-state index in [-0.39, 0.29) is 18.1 Å². The second-order valence-corrected chi connectivity index (χ2v) is 6.67. The fourth-order valence-corrected chi connectivity index (χ4v) is 3.30. The number of nitrogens with zero attached hydrogens (tertiary/aromatic N) is 3.